The van der Waals surface area contributed by atoms with Crippen LogP contribution < -0.4 is 0 Å². The van der Waals surface area contributed by atoms with Gasteiger partial charge >= 0.3 is 6.18 Å². The molecule has 2 aliphatic rings. The van der Waals surface area contributed by atoms with Gasteiger partial charge in [-0.15, -0.1) is 0 Å². The van der Waals surface area contributed by atoms with Crippen LogP contribution in [0.15, 0.2) is 39.9 Å². The maximum Gasteiger partial charge on any atom is 0.441 e. The molecule has 160 valence electrons. The zero-order valence-electron chi connectivity index (χ0n) is 16.5. The van der Waals surface area contributed by atoms with Crippen LogP contribution in [0.1, 0.15) is 22.5 Å². The Labute approximate surface area is 184 Å². The number of alkyl halides is 3. The number of thioether (sulfide) groups is 1. The molecule has 1 N–H and O–H groups in total. The van der Waals surface area contributed by atoms with Crippen molar-refractivity contribution >= 4 is 51.4 Å². The number of aryl methyl sites for hydroxylation is 2. The zero-order chi connectivity index (χ0) is 22.7. The predicted octanol–water partition coefficient (Wildman–Crippen LogP) is 5.24. The number of benzene rings is 1. The summed E-state index contributed by atoms with van der Waals surface area (Å²) in [5.41, 5.74) is 4.00. The quantitative estimate of drug-likeness (QED) is 0.616. The van der Waals surface area contributed by atoms with Crippen molar-refractivity contribution in [2.24, 2.45) is 10.1 Å². The highest BCUT2D eigenvalue weighted by Gasteiger charge is 2.46. The molecule has 0 saturated heterocycles. The Morgan fingerprint density at radius 2 is 1.90 bits per heavy atom. The lowest BCUT2D eigenvalue weighted by molar-refractivity contribution is -0.114. The summed E-state index contributed by atoms with van der Waals surface area (Å²) >= 11 is 6.38. The molecular weight excluding hydrogens is 451 g/mol. The number of aromatic nitrogens is 1. The summed E-state index contributed by atoms with van der Waals surface area (Å²) in [6, 6.07) is 7.34. The van der Waals surface area contributed by atoms with Gasteiger partial charge in [-0.1, -0.05) is 17.7 Å². The van der Waals surface area contributed by atoms with E-state index in [1.54, 1.807) is 6.07 Å². The summed E-state index contributed by atoms with van der Waals surface area (Å²) < 4.78 is 40.9. The number of hydrazone groups is 1. The minimum absolute atomic E-state index is 0.139. The highest BCUT2D eigenvalue weighted by atomic mass is 35.5. The first-order valence-electron chi connectivity index (χ1n) is 9.00. The van der Waals surface area contributed by atoms with Crippen LogP contribution in [0.3, 0.4) is 0 Å². The van der Waals surface area contributed by atoms with Gasteiger partial charge < -0.3 is 4.57 Å². The van der Waals surface area contributed by atoms with E-state index >= 15 is 0 Å². The Kier molecular flexibility index (Phi) is 5.09. The molecule has 0 saturated carbocycles. The molecule has 0 aliphatic carbocycles. The molecule has 0 radical (unpaired) electrons. The van der Waals surface area contributed by atoms with Gasteiger partial charge in [0, 0.05) is 22.1 Å². The summed E-state index contributed by atoms with van der Waals surface area (Å²) in [7, 11) is 0. The van der Waals surface area contributed by atoms with E-state index in [2.05, 4.69) is 10.1 Å². The van der Waals surface area contributed by atoms with Crippen LogP contribution in [-0.2, 0) is 4.79 Å². The molecule has 2 aliphatic heterocycles. The SMILES string of the molecule is Cc1ccc(Cl)cc1-n1c(C)cc(/C=C2\C(=N)N3N=C(C(F)(F)F)SC3=NC2=O)c1C. The van der Waals surface area contributed by atoms with Gasteiger partial charge in [-0.2, -0.15) is 28.3 Å². The van der Waals surface area contributed by atoms with E-state index in [-0.39, 0.29) is 22.5 Å². The van der Waals surface area contributed by atoms with Crippen molar-refractivity contribution in [3.05, 3.63) is 57.4 Å². The number of nitrogens with zero attached hydrogens (tertiary/aromatic N) is 4. The van der Waals surface area contributed by atoms with Crippen molar-refractivity contribution in [1.82, 2.24) is 9.58 Å². The fourth-order valence-corrected chi connectivity index (χ4v) is 4.31. The molecule has 1 aromatic carbocycles. The van der Waals surface area contributed by atoms with Crippen LogP contribution in [-0.4, -0.2) is 37.7 Å². The first-order chi connectivity index (χ1) is 14.5. The van der Waals surface area contributed by atoms with E-state index in [1.165, 1.54) is 6.08 Å². The van der Waals surface area contributed by atoms with Gasteiger partial charge in [-0.25, -0.2) is 0 Å². The number of nitrogens with one attached hydrogen (secondary N) is 1. The van der Waals surface area contributed by atoms with Crippen molar-refractivity contribution in [2.75, 3.05) is 0 Å². The van der Waals surface area contributed by atoms with Crippen molar-refractivity contribution < 1.29 is 18.0 Å². The zero-order valence-corrected chi connectivity index (χ0v) is 18.1. The second kappa shape index (κ2) is 7.38. The lowest BCUT2D eigenvalue weighted by Gasteiger charge is -2.20. The third-order valence-electron chi connectivity index (χ3n) is 4.88. The van der Waals surface area contributed by atoms with Gasteiger partial charge in [0.05, 0.1) is 5.57 Å². The standard InChI is InChI=1S/C20H15ClF3N5OS/c1-9-4-5-13(21)8-15(9)28-10(2)6-12(11(28)3)7-14-16(25)29-19(26-17(14)30)31-18(27-29)20(22,23)24/h4-8,25H,1-3H3/b14-7+,25-16?. The van der Waals surface area contributed by atoms with Gasteiger partial charge in [0.2, 0.25) is 10.2 Å². The molecule has 0 fully saturated rings. The molecule has 4 rings (SSSR count). The van der Waals surface area contributed by atoms with Gasteiger partial charge in [0.15, 0.2) is 5.84 Å². The van der Waals surface area contributed by atoms with Crippen LogP contribution >= 0.6 is 23.4 Å². The number of amidine groups is 2. The molecule has 0 atom stereocenters. The highest BCUT2D eigenvalue weighted by molar-refractivity contribution is 8.27. The minimum Gasteiger partial charge on any atom is -0.318 e. The van der Waals surface area contributed by atoms with Crippen LogP contribution in [0.2, 0.25) is 5.02 Å². The Hall–Kier alpha value is -2.85. The van der Waals surface area contributed by atoms with E-state index in [0.717, 1.165) is 27.6 Å². The number of carbonyl (C=O) groups is 1. The number of amides is 1. The summed E-state index contributed by atoms with van der Waals surface area (Å²) in [4.78, 5) is 16.2. The first kappa shape index (κ1) is 21.4. The molecule has 1 aromatic heterocycles. The second-order valence-corrected chi connectivity index (χ2v) is 8.41. The van der Waals surface area contributed by atoms with Crippen LogP contribution in [0, 0.1) is 26.2 Å². The third-order valence-corrected chi connectivity index (χ3v) is 6.07. The highest BCUT2D eigenvalue weighted by Crippen LogP contribution is 2.35. The summed E-state index contributed by atoms with van der Waals surface area (Å²) in [5.74, 6) is -1.24. The fraction of sp³-hybridized carbons (Fsp3) is 0.200. The molecule has 6 nitrogen and oxygen atoms in total. The topological polar surface area (TPSA) is 73.8 Å². The molecule has 3 heterocycles. The number of hydrogen-bond acceptors (Lipinski definition) is 4. The van der Waals surface area contributed by atoms with Crippen LogP contribution in [0.4, 0.5) is 13.2 Å². The molecule has 0 spiro atoms. The molecule has 0 unspecified atom stereocenters. The maximum atomic E-state index is 13.0. The maximum absolute atomic E-state index is 13.0. The van der Waals surface area contributed by atoms with Crippen molar-refractivity contribution in [3.63, 3.8) is 0 Å². The van der Waals surface area contributed by atoms with Gasteiger partial charge in [-0.05, 0) is 67.9 Å². The number of fused-ring (bicyclic) bond motifs is 1. The largest absolute Gasteiger partial charge is 0.441 e. The average molecular weight is 466 g/mol. The van der Waals surface area contributed by atoms with E-state index in [1.807, 2.05) is 43.5 Å². The first-order valence-corrected chi connectivity index (χ1v) is 10.2. The minimum atomic E-state index is -4.68. The molecule has 2 aromatic rings. The third kappa shape index (κ3) is 3.70. The monoisotopic (exact) mass is 465 g/mol. The van der Waals surface area contributed by atoms with Crippen LogP contribution in [0.5, 0.6) is 0 Å². The smallest absolute Gasteiger partial charge is 0.318 e. The van der Waals surface area contributed by atoms with Crippen molar-refractivity contribution in [3.8, 4) is 5.69 Å². The molecular formula is C20H15ClF3N5OS. The lowest BCUT2D eigenvalue weighted by atomic mass is 10.1. The van der Waals surface area contributed by atoms with E-state index in [0.29, 0.717) is 10.6 Å². The van der Waals surface area contributed by atoms with E-state index in [4.69, 9.17) is 17.0 Å². The molecule has 31 heavy (non-hydrogen) atoms. The average Bonchev–Trinajstić information content (AvgIpc) is 3.22. The lowest BCUT2D eigenvalue weighted by Crippen LogP contribution is -2.35. The Balaban J connectivity index is 1.77. The summed E-state index contributed by atoms with van der Waals surface area (Å²) in [6.07, 6.45) is -3.23. The van der Waals surface area contributed by atoms with Crippen LogP contribution in [0.25, 0.3) is 11.8 Å². The fourth-order valence-electron chi connectivity index (χ4n) is 3.39. The normalized spacial score (nSPS) is 17.9. The number of hydrogen-bond donors (Lipinski definition) is 1. The van der Waals surface area contributed by atoms with E-state index < -0.39 is 23.0 Å². The van der Waals surface area contributed by atoms with Gasteiger partial charge in [-0.3, -0.25) is 10.2 Å². The molecule has 0 bridgehead atoms. The van der Waals surface area contributed by atoms with Gasteiger partial charge in [0.1, 0.15) is 0 Å². The molecule has 1 amide bonds. The van der Waals surface area contributed by atoms with E-state index in [9.17, 15) is 18.0 Å². The van der Waals surface area contributed by atoms with Crippen molar-refractivity contribution in [2.45, 2.75) is 26.9 Å². The Morgan fingerprint density at radius 3 is 2.58 bits per heavy atom. The Bertz CT molecular complexity index is 1240. The predicted molar refractivity (Wildman–Crippen MR) is 116 cm³/mol. The second-order valence-electron chi connectivity index (χ2n) is 7.02. The number of carbonyl (C=O) groups excluding carboxylic acids is 1. The van der Waals surface area contributed by atoms with Gasteiger partial charge in [0.25, 0.3) is 5.91 Å². The summed E-state index contributed by atoms with van der Waals surface area (Å²) in [5, 5.41) is 11.5. The molecule has 11 heteroatoms. The Morgan fingerprint density at radius 1 is 1.19 bits per heavy atom. The number of aliphatic imine (C=N–C) groups is 1. The summed E-state index contributed by atoms with van der Waals surface area (Å²) in [6.45, 7) is 5.67. The van der Waals surface area contributed by atoms with Crippen molar-refractivity contribution in [1.29, 1.82) is 5.41 Å². The number of halogens is 4. The number of rotatable bonds is 2.